The highest BCUT2D eigenvalue weighted by Gasteiger charge is 2.40. The number of rotatable bonds is 4. The zero-order valence-electron chi connectivity index (χ0n) is 8.63. The fourth-order valence-corrected chi connectivity index (χ4v) is 2.41. The van der Waals surface area contributed by atoms with E-state index in [2.05, 4.69) is 11.8 Å². The van der Waals surface area contributed by atoms with Crippen molar-refractivity contribution in [2.75, 3.05) is 25.5 Å². The summed E-state index contributed by atoms with van der Waals surface area (Å²) in [4.78, 5) is 13.5. The molecule has 82 valence electrons. The minimum Gasteiger partial charge on any atom is -0.481 e. The Bertz CT molecular complexity index is 200. The van der Waals surface area contributed by atoms with Gasteiger partial charge in [0.05, 0.1) is 5.41 Å². The smallest absolute Gasteiger partial charge is 0.309 e. The van der Waals surface area contributed by atoms with Gasteiger partial charge in [0.25, 0.3) is 0 Å². The summed E-state index contributed by atoms with van der Waals surface area (Å²) in [6.45, 7) is 4.89. The van der Waals surface area contributed by atoms with Crippen LogP contribution in [0.5, 0.6) is 0 Å². The Kier molecular flexibility index (Phi) is 4.20. The summed E-state index contributed by atoms with van der Waals surface area (Å²) in [5.74, 6) is -0.229. The molecule has 0 aromatic heterocycles. The molecular formula is C10H18ClNO2. The van der Waals surface area contributed by atoms with Crippen molar-refractivity contribution >= 4 is 17.6 Å². The number of carboxylic acid groups (broad SMARTS) is 1. The van der Waals surface area contributed by atoms with Crippen LogP contribution >= 0.6 is 11.6 Å². The van der Waals surface area contributed by atoms with Crippen LogP contribution < -0.4 is 0 Å². The molecule has 1 aliphatic heterocycles. The van der Waals surface area contributed by atoms with E-state index in [-0.39, 0.29) is 0 Å². The summed E-state index contributed by atoms with van der Waals surface area (Å²) < 4.78 is 0. The van der Waals surface area contributed by atoms with Gasteiger partial charge in [0.15, 0.2) is 0 Å². The van der Waals surface area contributed by atoms with E-state index in [4.69, 9.17) is 11.6 Å². The van der Waals surface area contributed by atoms with Gasteiger partial charge in [0.2, 0.25) is 0 Å². The first-order valence-corrected chi connectivity index (χ1v) is 5.70. The molecule has 4 heteroatoms. The number of carbonyl (C=O) groups is 1. The molecule has 0 unspecified atom stereocenters. The van der Waals surface area contributed by atoms with Gasteiger partial charge in [-0.05, 0) is 38.9 Å². The molecule has 0 atom stereocenters. The lowest BCUT2D eigenvalue weighted by molar-refractivity contribution is -0.152. The van der Waals surface area contributed by atoms with Gasteiger partial charge in [-0.2, -0.15) is 0 Å². The second kappa shape index (κ2) is 4.99. The lowest BCUT2D eigenvalue weighted by Gasteiger charge is -2.38. The number of likely N-dealkylation sites (tertiary alicyclic amines) is 1. The van der Waals surface area contributed by atoms with Gasteiger partial charge in [-0.25, -0.2) is 0 Å². The molecule has 0 spiro atoms. The Hall–Kier alpha value is -0.280. The number of alkyl halides is 1. The summed E-state index contributed by atoms with van der Waals surface area (Å²) in [6.07, 6.45) is 2.08. The van der Waals surface area contributed by atoms with E-state index in [1.54, 1.807) is 0 Å². The Morgan fingerprint density at radius 3 is 2.43 bits per heavy atom. The summed E-state index contributed by atoms with van der Waals surface area (Å²) >= 11 is 5.66. The molecule has 1 aliphatic rings. The van der Waals surface area contributed by atoms with E-state index in [1.165, 1.54) is 0 Å². The molecule has 3 nitrogen and oxygen atoms in total. The molecule has 0 bridgehead atoms. The average Bonchev–Trinajstić information content (AvgIpc) is 2.19. The van der Waals surface area contributed by atoms with Crippen LogP contribution in [0.2, 0.25) is 0 Å². The molecule has 0 amide bonds. The van der Waals surface area contributed by atoms with Gasteiger partial charge >= 0.3 is 5.97 Å². The van der Waals surface area contributed by atoms with Crippen molar-refractivity contribution in [1.82, 2.24) is 4.90 Å². The molecule has 0 radical (unpaired) electrons. The second-order valence-corrected chi connectivity index (χ2v) is 4.34. The zero-order chi connectivity index (χ0) is 10.6. The number of halogens is 1. The van der Waals surface area contributed by atoms with E-state index in [0.29, 0.717) is 12.3 Å². The molecule has 1 fully saturated rings. The first-order chi connectivity index (χ1) is 6.64. The highest BCUT2D eigenvalue weighted by Crippen LogP contribution is 2.35. The molecule has 0 saturated carbocycles. The lowest BCUT2D eigenvalue weighted by Crippen LogP contribution is -2.44. The molecule has 1 rings (SSSR count). The minimum absolute atomic E-state index is 0.443. The van der Waals surface area contributed by atoms with Gasteiger partial charge in [-0.1, -0.05) is 6.92 Å². The number of carboxylic acids is 1. The van der Waals surface area contributed by atoms with Gasteiger partial charge in [0, 0.05) is 5.88 Å². The van der Waals surface area contributed by atoms with Crippen molar-refractivity contribution in [3.63, 3.8) is 0 Å². The zero-order valence-corrected chi connectivity index (χ0v) is 9.39. The Morgan fingerprint density at radius 2 is 2.07 bits per heavy atom. The van der Waals surface area contributed by atoms with Crippen molar-refractivity contribution in [3.8, 4) is 0 Å². The molecule has 0 aliphatic carbocycles. The summed E-state index contributed by atoms with van der Waals surface area (Å²) in [7, 11) is 0. The van der Waals surface area contributed by atoms with Crippen LogP contribution in [0.25, 0.3) is 0 Å². The van der Waals surface area contributed by atoms with E-state index in [1.807, 2.05) is 0 Å². The average molecular weight is 220 g/mol. The third kappa shape index (κ3) is 2.39. The molecule has 14 heavy (non-hydrogen) atoms. The number of hydrogen-bond acceptors (Lipinski definition) is 2. The molecule has 0 aromatic rings. The highest BCUT2D eigenvalue weighted by atomic mass is 35.5. The summed E-state index contributed by atoms with van der Waals surface area (Å²) in [5, 5.41) is 9.20. The SMILES string of the molecule is CCN1CCC(CCCl)(C(=O)O)CC1. The Balaban J connectivity index is 2.59. The fourth-order valence-electron chi connectivity index (χ4n) is 2.05. The maximum Gasteiger partial charge on any atom is 0.309 e. The topological polar surface area (TPSA) is 40.5 Å². The maximum atomic E-state index is 11.2. The minimum atomic E-state index is -0.672. The van der Waals surface area contributed by atoms with Crippen LogP contribution in [0.3, 0.4) is 0 Å². The largest absolute Gasteiger partial charge is 0.481 e. The van der Waals surface area contributed by atoms with Crippen molar-refractivity contribution in [2.45, 2.75) is 26.2 Å². The molecule has 1 heterocycles. The molecule has 0 aromatic carbocycles. The summed E-state index contributed by atoms with van der Waals surface area (Å²) in [5.41, 5.74) is -0.548. The number of hydrogen-bond donors (Lipinski definition) is 1. The number of aliphatic carboxylic acids is 1. The standard InChI is InChI=1S/C10H18ClNO2/c1-2-12-7-4-10(3-6-11,5-8-12)9(13)14/h2-8H2,1H3,(H,13,14). The van der Waals surface area contributed by atoms with Crippen LogP contribution in [-0.4, -0.2) is 41.5 Å². The molecule has 1 saturated heterocycles. The Morgan fingerprint density at radius 1 is 1.50 bits per heavy atom. The second-order valence-electron chi connectivity index (χ2n) is 3.96. The van der Waals surface area contributed by atoms with E-state index in [0.717, 1.165) is 32.5 Å². The molecule has 1 N–H and O–H groups in total. The third-order valence-electron chi connectivity index (χ3n) is 3.29. The van der Waals surface area contributed by atoms with Crippen molar-refractivity contribution in [3.05, 3.63) is 0 Å². The quantitative estimate of drug-likeness (QED) is 0.734. The van der Waals surface area contributed by atoms with E-state index >= 15 is 0 Å². The first-order valence-electron chi connectivity index (χ1n) is 5.16. The van der Waals surface area contributed by atoms with Gasteiger partial charge < -0.3 is 10.0 Å². The number of piperidine rings is 1. The predicted molar refractivity (Wildman–Crippen MR) is 56.8 cm³/mol. The van der Waals surface area contributed by atoms with Crippen LogP contribution in [-0.2, 0) is 4.79 Å². The monoisotopic (exact) mass is 219 g/mol. The van der Waals surface area contributed by atoms with Gasteiger partial charge in [-0.15, -0.1) is 11.6 Å². The van der Waals surface area contributed by atoms with E-state index < -0.39 is 11.4 Å². The third-order valence-corrected chi connectivity index (χ3v) is 3.48. The van der Waals surface area contributed by atoms with E-state index in [9.17, 15) is 9.90 Å². The fraction of sp³-hybridized carbons (Fsp3) is 0.900. The van der Waals surface area contributed by atoms with Crippen molar-refractivity contribution in [2.24, 2.45) is 5.41 Å². The first kappa shape index (κ1) is 11.8. The number of nitrogens with zero attached hydrogens (tertiary/aromatic N) is 1. The summed E-state index contributed by atoms with van der Waals surface area (Å²) in [6, 6.07) is 0. The lowest BCUT2D eigenvalue weighted by atomic mass is 9.76. The van der Waals surface area contributed by atoms with Crippen LogP contribution in [0.15, 0.2) is 0 Å². The van der Waals surface area contributed by atoms with Crippen LogP contribution in [0.1, 0.15) is 26.2 Å². The Labute approximate surface area is 90.0 Å². The van der Waals surface area contributed by atoms with Crippen molar-refractivity contribution < 1.29 is 9.90 Å². The highest BCUT2D eigenvalue weighted by molar-refractivity contribution is 6.18. The molecular weight excluding hydrogens is 202 g/mol. The van der Waals surface area contributed by atoms with Crippen molar-refractivity contribution in [1.29, 1.82) is 0 Å². The van der Waals surface area contributed by atoms with Crippen LogP contribution in [0, 0.1) is 5.41 Å². The van der Waals surface area contributed by atoms with Gasteiger partial charge in [0.1, 0.15) is 0 Å². The van der Waals surface area contributed by atoms with Gasteiger partial charge in [-0.3, -0.25) is 4.79 Å². The maximum absolute atomic E-state index is 11.2. The van der Waals surface area contributed by atoms with Crippen LogP contribution in [0.4, 0.5) is 0 Å². The predicted octanol–water partition coefficient (Wildman–Crippen LogP) is 1.80. The normalized spacial score (nSPS) is 22.1.